The molecule has 0 aliphatic carbocycles. The van der Waals surface area contributed by atoms with E-state index in [1.807, 2.05) is 43.4 Å². The first kappa shape index (κ1) is 64.8. The molecule has 1 fully saturated rings. The molecule has 3 unspecified atom stereocenters. The molecule has 21 heteroatoms. The minimum atomic E-state index is -5.45. The Morgan fingerprint density at radius 3 is 1.85 bits per heavy atom. The normalized spacial score (nSPS) is 20.2. The first-order valence-corrected chi connectivity index (χ1v) is 28.3. The van der Waals surface area contributed by atoms with Crippen molar-refractivity contribution in [3.8, 4) is 0 Å². The van der Waals surface area contributed by atoms with Gasteiger partial charge in [0, 0.05) is 19.0 Å². The number of rotatable bonds is 40. The number of aromatic nitrogens is 2. The van der Waals surface area contributed by atoms with E-state index in [0.717, 1.165) is 87.8 Å². The van der Waals surface area contributed by atoms with Gasteiger partial charge in [-0.3, -0.25) is 23.2 Å². The molecule has 19 nitrogen and oxygen atoms in total. The van der Waals surface area contributed by atoms with Crippen molar-refractivity contribution in [1.29, 1.82) is 0 Å². The fourth-order valence-corrected chi connectivity index (χ4v) is 8.95. The van der Waals surface area contributed by atoms with E-state index >= 15 is 0 Å². The number of carbonyl (C=O) groups is 2. The number of anilines is 1. The summed E-state index contributed by atoms with van der Waals surface area (Å²) in [5, 5.41) is 30.7. The Labute approximate surface area is 431 Å². The van der Waals surface area contributed by atoms with Gasteiger partial charge in [0.25, 0.3) is 0 Å². The van der Waals surface area contributed by atoms with Crippen molar-refractivity contribution in [2.24, 2.45) is 0 Å². The van der Waals surface area contributed by atoms with E-state index in [9.17, 15) is 48.6 Å². The van der Waals surface area contributed by atoms with Crippen LogP contribution < -0.4 is 11.4 Å². The summed E-state index contributed by atoms with van der Waals surface area (Å²) < 4.78 is 56.7. The number of nitrogens with two attached hydrogens (primary N) is 1. The SMILES string of the molecule is CC/C=C\C/C=C\C/C=C\C/C=C\CCCCCCC(=O)OC[C@H](COP(=O)(O)OP(=O)(O)OC[C@H]1O[C@@H](n2ccc(N)nc2=O)[C@H](O)[C@@H]1O)OC(=O)CCC/C=C\C/C=C\C/C=C\C/C=C\CC(O)CCC. The molecule has 2 heterocycles. The maximum atomic E-state index is 12.9. The second-order valence-electron chi connectivity index (χ2n) is 17.1. The van der Waals surface area contributed by atoms with Crippen molar-refractivity contribution in [2.75, 3.05) is 25.6 Å². The lowest BCUT2D eigenvalue weighted by molar-refractivity contribution is -0.161. The molecule has 1 saturated heterocycles. The van der Waals surface area contributed by atoms with E-state index in [1.165, 1.54) is 6.07 Å². The van der Waals surface area contributed by atoms with Crippen molar-refractivity contribution >= 4 is 33.4 Å². The van der Waals surface area contributed by atoms with Gasteiger partial charge in [0.2, 0.25) is 0 Å². The van der Waals surface area contributed by atoms with Crippen LogP contribution in [0.2, 0.25) is 0 Å². The van der Waals surface area contributed by atoms with Crippen LogP contribution in [0.15, 0.2) is 114 Å². The summed E-state index contributed by atoms with van der Waals surface area (Å²) in [6.07, 6.45) is 39.8. The zero-order valence-corrected chi connectivity index (χ0v) is 44.3. The van der Waals surface area contributed by atoms with Crippen LogP contribution in [0.1, 0.15) is 142 Å². The summed E-state index contributed by atoms with van der Waals surface area (Å²) >= 11 is 0. The lowest BCUT2D eigenvalue weighted by atomic mass is 10.1. The zero-order chi connectivity index (χ0) is 53.6. The van der Waals surface area contributed by atoms with Crippen molar-refractivity contribution in [2.45, 2.75) is 173 Å². The van der Waals surface area contributed by atoms with E-state index < -0.39 is 83.7 Å². The van der Waals surface area contributed by atoms with Crippen LogP contribution >= 0.6 is 15.6 Å². The summed E-state index contributed by atoms with van der Waals surface area (Å²) in [5.41, 5.74) is 4.57. The van der Waals surface area contributed by atoms with E-state index in [4.69, 9.17) is 29.0 Å². The number of hydrogen-bond donors (Lipinski definition) is 6. The zero-order valence-electron chi connectivity index (χ0n) is 42.5. The van der Waals surface area contributed by atoms with Gasteiger partial charge in [-0.25, -0.2) is 13.9 Å². The number of allylic oxidation sites excluding steroid dienone is 15. The van der Waals surface area contributed by atoms with E-state index in [-0.39, 0.29) is 24.8 Å². The minimum Gasteiger partial charge on any atom is -0.462 e. The number of ether oxygens (including phenoxy) is 3. The molecule has 0 radical (unpaired) electrons. The van der Waals surface area contributed by atoms with Crippen LogP contribution in [-0.2, 0) is 46.3 Å². The van der Waals surface area contributed by atoms with E-state index in [0.29, 0.717) is 32.1 Å². The number of carbonyl (C=O) groups excluding carboxylic acids is 2. The number of aliphatic hydroxyl groups excluding tert-OH is 3. The lowest BCUT2D eigenvalue weighted by Gasteiger charge is -2.21. The number of esters is 2. The van der Waals surface area contributed by atoms with Gasteiger partial charge >= 0.3 is 33.3 Å². The maximum absolute atomic E-state index is 12.9. The Balaban J connectivity index is 1.85. The van der Waals surface area contributed by atoms with Gasteiger partial charge < -0.3 is 45.1 Å². The van der Waals surface area contributed by atoms with Crippen molar-refractivity contribution < 1.29 is 71.4 Å². The number of unbranched alkanes of at least 4 members (excludes halogenated alkanes) is 5. The highest BCUT2D eigenvalue weighted by molar-refractivity contribution is 7.61. The highest BCUT2D eigenvalue weighted by Crippen LogP contribution is 2.60. The Bertz CT molecular complexity index is 2120. The Morgan fingerprint density at radius 2 is 1.26 bits per heavy atom. The first-order valence-electron chi connectivity index (χ1n) is 25.3. The molecule has 1 aliphatic rings. The molecule has 0 bridgehead atoms. The fraction of sp³-hybridized carbons (Fsp3) is 0.577. The third-order valence-electron chi connectivity index (χ3n) is 10.7. The van der Waals surface area contributed by atoms with Crippen molar-refractivity contribution in [3.05, 3.63) is 120 Å². The number of phosphoric ester groups is 2. The molecule has 1 aromatic heterocycles. The molecule has 0 amide bonds. The van der Waals surface area contributed by atoms with E-state index in [2.05, 4.69) is 77.0 Å². The molecule has 2 rings (SSSR count). The first-order chi connectivity index (χ1) is 35.1. The summed E-state index contributed by atoms with van der Waals surface area (Å²) in [4.78, 5) is 61.9. The second kappa shape index (κ2) is 39.1. The molecule has 0 saturated carbocycles. The predicted molar refractivity (Wildman–Crippen MR) is 281 cm³/mol. The Kier molecular flexibility index (Phi) is 34.7. The third kappa shape index (κ3) is 31.9. The maximum Gasteiger partial charge on any atom is 0.481 e. The molecule has 0 aromatic carbocycles. The van der Waals surface area contributed by atoms with Crippen LogP contribution in [0.5, 0.6) is 0 Å². The number of nitrogens with zero attached hydrogens (tertiary/aromatic N) is 2. The van der Waals surface area contributed by atoms with Gasteiger partial charge in [-0.1, -0.05) is 130 Å². The smallest absolute Gasteiger partial charge is 0.462 e. The highest BCUT2D eigenvalue weighted by Gasteiger charge is 2.46. The number of phosphoric acid groups is 2. The fourth-order valence-electron chi connectivity index (χ4n) is 6.84. The topological polar surface area (TPSA) is 286 Å². The Morgan fingerprint density at radius 1 is 0.726 bits per heavy atom. The molecular formula is C52H81N3O16P2. The van der Waals surface area contributed by atoms with Crippen LogP contribution in [-0.4, -0.2) is 96.9 Å². The Hall–Kier alpha value is -4.36. The van der Waals surface area contributed by atoms with Gasteiger partial charge in [-0.2, -0.15) is 9.29 Å². The summed E-state index contributed by atoms with van der Waals surface area (Å²) in [6, 6.07) is 1.24. The number of aliphatic hydroxyl groups is 3. The minimum absolute atomic E-state index is 0.0522. The highest BCUT2D eigenvalue weighted by atomic mass is 31.3. The van der Waals surface area contributed by atoms with Crippen LogP contribution in [0.4, 0.5) is 5.82 Å². The quantitative estimate of drug-likeness (QED) is 0.0154. The van der Waals surface area contributed by atoms with Crippen LogP contribution in [0.3, 0.4) is 0 Å². The van der Waals surface area contributed by atoms with E-state index in [1.54, 1.807) is 0 Å². The van der Waals surface area contributed by atoms with Gasteiger partial charge in [0.15, 0.2) is 12.3 Å². The monoisotopic (exact) mass is 1070 g/mol. The van der Waals surface area contributed by atoms with Crippen molar-refractivity contribution in [3.63, 3.8) is 0 Å². The number of nitrogen functional groups attached to an aromatic ring is 1. The average Bonchev–Trinajstić information content (AvgIpc) is 3.62. The molecule has 1 aliphatic heterocycles. The summed E-state index contributed by atoms with van der Waals surface area (Å²) in [7, 11) is -10.9. The number of hydrogen-bond acceptors (Lipinski definition) is 16. The molecule has 73 heavy (non-hydrogen) atoms. The standard InChI is InChI=1S/C52H81N3O16P2/c1-3-5-6-7-8-9-10-11-12-13-14-17-20-23-26-29-32-36-47(57)66-40-44(69-48(58)37-33-30-27-24-21-18-15-16-19-22-25-28-31-35-43(56)34-4-2)41-67-72(62,63)71-73(64,65)68-42-45-49(59)50(60)51(70-45)55-39-38-46(53)54-52(55)61/h5-6,8-9,11-12,14-15,17-19,22,24,27-28,31,38-39,43-45,49-51,56,59-60H,3-4,7,10,13,16,20-21,23,25-26,29-30,32-37,40-42H2,1-2H3,(H,62,63)(H,64,65)(H2,53,54,61)/b6-5-,9-8-,12-11-,17-14-,18-15-,22-19-,27-24-,31-28-/t43?,44-,45-,49-,50-,51-/m1/s1. The van der Waals surface area contributed by atoms with Gasteiger partial charge in [-0.15, -0.1) is 0 Å². The van der Waals surface area contributed by atoms with Gasteiger partial charge in [-0.05, 0) is 96.0 Å². The van der Waals surface area contributed by atoms with Gasteiger partial charge in [0.05, 0.1) is 19.3 Å². The molecule has 0 spiro atoms. The third-order valence-corrected chi connectivity index (χ3v) is 13.3. The molecule has 8 atom stereocenters. The largest absolute Gasteiger partial charge is 0.481 e. The summed E-state index contributed by atoms with van der Waals surface area (Å²) in [5.74, 6) is -1.43. The summed E-state index contributed by atoms with van der Waals surface area (Å²) in [6.45, 7) is 1.75. The molecule has 1 aromatic rings. The van der Waals surface area contributed by atoms with Crippen molar-refractivity contribution in [1.82, 2.24) is 9.55 Å². The van der Waals surface area contributed by atoms with Crippen LogP contribution in [0, 0.1) is 0 Å². The second-order valence-corrected chi connectivity index (χ2v) is 20.2. The predicted octanol–water partition coefficient (Wildman–Crippen LogP) is 9.41. The lowest BCUT2D eigenvalue weighted by Crippen LogP contribution is -2.36. The average molecular weight is 1070 g/mol. The van der Waals surface area contributed by atoms with Gasteiger partial charge in [0.1, 0.15) is 30.7 Å². The molecule has 410 valence electrons. The van der Waals surface area contributed by atoms with Crippen LogP contribution in [0.25, 0.3) is 0 Å². The molecular weight excluding hydrogens is 985 g/mol. The molecule has 7 N–H and O–H groups in total.